The number of nitrogens with zero attached hydrogens (tertiary/aromatic N) is 4. The third-order valence-corrected chi connectivity index (χ3v) is 4.82. The van der Waals surface area contributed by atoms with Gasteiger partial charge < -0.3 is 14.9 Å². The quantitative estimate of drug-likeness (QED) is 0.607. The molecule has 7 nitrogen and oxygen atoms in total. The molecule has 10 heteroatoms. The molecule has 1 aromatic carbocycles. The summed E-state index contributed by atoms with van der Waals surface area (Å²) in [5, 5.41) is 10.8. The number of aromatic nitrogens is 2. The van der Waals surface area contributed by atoms with Crippen LogP contribution in [0.25, 0.3) is 0 Å². The topological polar surface area (TPSA) is 73.4 Å². The van der Waals surface area contributed by atoms with Crippen LogP contribution < -0.4 is 4.74 Å². The number of benzene rings is 1. The highest BCUT2D eigenvalue weighted by atomic mass is 19.4. The van der Waals surface area contributed by atoms with Gasteiger partial charge in [-0.15, -0.1) is 0 Å². The van der Waals surface area contributed by atoms with E-state index in [1.54, 1.807) is 11.6 Å². The Morgan fingerprint density at radius 3 is 2.50 bits per heavy atom. The highest BCUT2D eigenvalue weighted by Gasteiger charge is 2.49. The smallest absolute Gasteiger partial charge is 0.416 e. The lowest BCUT2D eigenvalue weighted by molar-refractivity contribution is -0.389. The second-order valence-electron chi connectivity index (χ2n) is 6.43. The van der Waals surface area contributed by atoms with Gasteiger partial charge in [0.2, 0.25) is 0 Å². The molecule has 0 fully saturated rings. The Balaban J connectivity index is 1.76. The highest BCUT2D eigenvalue weighted by molar-refractivity contribution is 5.27. The Morgan fingerprint density at radius 1 is 1.38 bits per heavy atom. The summed E-state index contributed by atoms with van der Waals surface area (Å²) in [6.45, 7) is 3.99. The van der Waals surface area contributed by atoms with Gasteiger partial charge in [-0.3, -0.25) is 9.47 Å². The minimum Gasteiger partial charge on any atom is -0.422 e. The molecule has 0 aliphatic carbocycles. The average Bonchev–Trinajstić information content (AvgIpc) is 3.06. The van der Waals surface area contributed by atoms with E-state index >= 15 is 0 Å². The number of likely N-dealkylation sites (N-methyl/N-ethyl adjacent to an activating group) is 1. The second-order valence-corrected chi connectivity index (χ2v) is 6.43. The van der Waals surface area contributed by atoms with Crippen LogP contribution >= 0.6 is 0 Å². The van der Waals surface area contributed by atoms with Crippen LogP contribution in [0.4, 0.5) is 19.0 Å². The molecule has 2 heterocycles. The molecule has 0 spiro atoms. The van der Waals surface area contributed by atoms with Crippen molar-refractivity contribution in [2.75, 3.05) is 7.05 Å². The van der Waals surface area contributed by atoms with Crippen LogP contribution in [-0.2, 0) is 12.7 Å². The monoisotopic (exact) mass is 370 g/mol. The molecule has 0 N–H and O–H groups in total. The fourth-order valence-corrected chi connectivity index (χ4v) is 2.96. The van der Waals surface area contributed by atoms with Crippen molar-refractivity contribution in [3.8, 4) is 6.01 Å². The van der Waals surface area contributed by atoms with Crippen molar-refractivity contribution in [2.45, 2.75) is 38.3 Å². The molecule has 0 saturated heterocycles. The molecule has 2 atom stereocenters. The number of halogens is 3. The maximum Gasteiger partial charge on any atom is 0.416 e. The first-order valence-electron chi connectivity index (χ1n) is 7.82. The second kappa shape index (κ2) is 5.97. The van der Waals surface area contributed by atoms with E-state index in [2.05, 4.69) is 4.98 Å². The van der Waals surface area contributed by atoms with Gasteiger partial charge in [0.05, 0.1) is 11.6 Å². The minimum absolute atomic E-state index is 0.144. The first kappa shape index (κ1) is 18.2. The summed E-state index contributed by atoms with van der Waals surface area (Å²) in [6.07, 6.45) is -3.05. The third kappa shape index (κ3) is 3.00. The van der Waals surface area contributed by atoms with Gasteiger partial charge in [-0.1, -0.05) is 12.1 Å². The molecule has 26 heavy (non-hydrogen) atoms. The van der Waals surface area contributed by atoms with Gasteiger partial charge in [-0.2, -0.15) is 13.2 Å². The van der Waals surface area contributed by atoms with Crippen molar-refractivity contribution >= 4 is 5.82 Å². The number of alkyl halides is 3. The summed E-state index contributed by atoms with van der Waals surface area (Å²) in [5.74, 6) is -0.292. The largest absolute Gasteiger partial charge is 0.422 e. The Morgan fingerprint density at radius 2 is 2.00 bits per heavy atom. The lowest BCUT2D eigenvalue weighted by Gasteiger charge is -2.36. The molecule has 2 aromatic rings. The fraction of sp³-hybridized carbons (Fsp3) is 0.438. The molecule has 0 saturated carbocycles. The molecule has 140 valence electrons. The van der Waals surface area contributed by atoms with E-state index in [-0.39, 0.29) is 17.9 Å². The van der Waals surface area contributed by atoms with Crippen molar-refractivity contribution in [3.63, 3.8) is 0 Å². The molecule has 1 aromatic heterocycles. The molecular formula is C16H17F3N4O3. The summed E-state index contributed by atoms with van der Waals surface area (Å²) < 4.78 is 45.4. The van der Waals surface area contributed by atoms with Crippen molar-refractivity contribution in [1.82, 2.24) is 14.5 Å². The van der Waals surface area contributed by atoms with Crippen LogP contribution in [0.5, 0.6) is 6.01 Å². The first-order valence-corrected chi connectivity index (χ1v) is 7.82. The van der Waals surface area contributed by atoms with Crippen LogP contribution in [0.15, 0.2) is 30.5 Å². The van der Waals surface area contributed by atoms with Gasteiger partial charge in [0.25, 0.3) is 0 Å². The SMILES string of the molecule is CC1n2cc([N+](=O)[O-])nc2O[C@]1(C)N(C)Cc1ccc(C(F)(F)F)cc1. The van der Waals surface area contributed by atoms with E-state index in [9.17, 15) is 23.3 Å². The Bertz CT molecular complexity index is 834. The van der Waals surface area contributed by atoms with Crippen LogP contribution in [0.1, 0.15) is 31.0 Å². The average molecular weight is 370 g/mol. The molecular weight excluding hydrogens is 353 g/mol. The van der Waals surface area contributed by atoms with E-state index in [4.69, 9.17) is 4.74 Å². The van der Waals surface area contributed by atoms with Crippen molar-refractivity contribution in [1.29, 1.82) is 0 Å². The highest BCUT2D eigenvalue weighted by Crippen LogP contribution is 2.41. The lowest BCUT2D eigenvalue weighted by atomic mass is 10.0. The van der Waals surface area contributed by atoms with Crippen LogP contribution in [0, 0.1) is 10.1 Å². The standard InChI is InChI=1S/C16H17F3N4O3/c1-10-15(2,26-14-20-13(23(24)25)9-22(10)14)21(3)8-11-4-6-12(7-5-11)16(17,18)19/h4-7,9-10H,8H2,1-3H3/t10?,15-/m0/s1. The lowest BCUT2D eigenvalue weighted by Crippen LogP contribution is -2.50. The molecule has 1 unspecified atom stereocenters. The number of ether oxygens (including phenoxy) is 1. The maximum atomic E-state index is 12.7. The minimum atomic E-state index is -4.37. The number of hydrogen-bond donors (Lipinski definition) is 0. The fourth-order valence-electron chi connectivity index (χ4n) is 2.96. The normalized spacial score (nSPS) is 22.3. The summed E-state index contributed by atoms with van der Waals surface area (Å²) in [5.41, 5.74) is -0.860. The third-order valence-electron chi connectivity index (χ3n) is 4.82. The van der Waals surface area contributed by atoms with Crippen molar-refractivity contribution in [2.24, 2.45) is 0 Å². The van der Waals surface area contributed by atoms with Gasteiger partial charge in [0, 0.05) is 11.5 Å². The maximum absolute atomic E-state index is 12.7. The van der Waals surface area contributed by atoms with E-state index in [1.165, 1.54) is 18.3 Å². The zero-order valence-corrected chi connectivity index (χ0v) is 14.3. The molecule has 0 bridgehead atoms. The number of nitro groups is 1. The first-order chi connectivity index (χ1) is 12.0. The predicted molar refractivity (Wildman–Crippen MR) is 85.5 cm³/mol. The summed E-state index contributed by atoms with van der Waals surface area (Å²) >= 11 is 0. The van der Waals surface area contributed by atoms with Gasteiger partial charge in [-0.25, -0.2) is 0 Å². The zero-order valence-electron chi connectivity index (χ0n) is 14.3. The summed E-state index contributed by atoms with van der Waals surface area (Å²) in [6, 6.07) is 4.79. The molecule has 0 amide bonds. The van der Waals surface area contributed by atoms with Gasteiger partial charge in [-0.05, 0) is 43.5 Å². The van der Waals surface area contributed by atoms with Gasteiger partial charge >= 0.3 is 18.0 Å². The van der Waals surface area contributed by atoms with Crippen LogP contribution in [0.3, 0.4) is 0 Å². The number of imidazole rings is 1. The molecule has 1 aliphatic heterocycles. The molecule has 1 aliphatic rings. The Labute approximate surface area is 147 Å². The Hall–Kier alpha value is -2.62. The predicted octanol–water partition coefficient (Wildman–Crippen LogP) is 3.61. The van der Waals surface area contributed by atoms with Crippen LogP contribution in [0.2, 0.25) is 0 Å². The van der Waals surface area contributed by atoms with E-state index in [1.807, 2.05) is 18.7 Å². The van der Waals surface area contributed by atoms with Gasteiger partial charge in [0.1, 0.15) is 6.20 Å². The summed E-state index contributed by atoms with van der Waals surface area (Å²) in [4.78, 5) is 15.9. The van der Waals surface area contributed by atoms with E-state index in [0.29, 0.717) is 12.1 Å². The van der Waals surface area contributed by atoms with E-state index in [0.717, 1.165) is 12.1 Å². The molecule has 0 radical (unpaired) electrons. The zero-order chi connectivity index (χ0) is 19.3. The van der Waals surface area contributed by atoms with Crippen molar-refractivity contribution < 1.29 is 22.8 Å². The number of rotatable bonds is 4. The van der Waals surface area contributed by atoms with Crippen LogP contribution in [-0.4, -0.2) is 32.1 Å². The Kier molecular flexibility index (Phi) is 4.18. The molecule has 3 rings (SSSR count). The summed E-state index contributed by atoms with van der Waals surface area (Å²) in [7, 11) is 1.77. The van der Waals surface area contributed by atoms with Crippen molar-refractivity contribution in [3.05, 3.63) is 51.7 Å². The number of hydrogen-bond acceptors (Lipinski definition) is 5. The van der Waals surface area contributed by atoms with Gasteiger partial charge in [0.15, 0.2) is 5.72 Å². The number of fused-ring (bicyclic) bond motifs is 1. The van der Waals surface area contributed by atoms with E-state index < -0.39 is 22.4 Å².